The number of nitrogens with one attached hydrogen (secondary N) is 2. The van der Waals surface area contributed by atoms with Gasteiger partial charge in [-0.3, -0.25) is 19.9 Å². The molecule has 10 nitrogen and oxygen atoms in total. The number of hydrogen-bond donors (Lipinski definition) is 2. The van der Waals surface area contributed by atoms with Crippen molar-refractivity contribution < 1.29 is 18.6 Å². The number of aromatic nitrogens is 4. The summed E-state index contributed by atoms with van der Waals surface area (Å²) in [6.45, 7) is 5.97. The van der Waals surface area contributed by atoms with Crippen LogP contribution < -0.4 is 10.9 Å². The Kier molecular flexibility index (Phi) is 7.85. The Bertz CT molecular complexity index is 817. The van der Waals surface area contributed by atoms with Crippen LogP contribution in [-0.2, 0) is 25.1 Å². The van der Waals surface area contributed by atoms with Crippen molar-refractivity contribution >= 4 is 31.4 Å². The minimum Gasteiger partial charge on any atom is -0.367 e. The zero-order chi connectivity index (χ0) is 20.0. The van der Waals surface area contributed by atoms with Gasteiger partial charge in [0.05, 0.1) is 19.0 Å². The molecule has 0 unspecified atom stereocenters. The lowest BCUT2D eigenvalue weighted by atomic mass is 10.2. The molecule has 2 aromatic heterocycles. The van der Waals surface area contributed by atoms with Crippen molar-refractivity contribution in [1.29, 1.82) is 0 Å². The molecule has 27 heavy (non-hydrogen) atoms. The molecule has 2 heterocycles. The Labute approximate surface area is 158 Å². The van der Waals surface area contributed by atoms with Gasteiger partial charge in [-0.2, -0.15) is 4.98 Å². The first-order chi connectivity index (χ1) is 12.9. The van der Waals surface area contributed by atoms with Crippen molar-refractivity contribution in [3.05, 3.63) is 16.7 Å². The number of hydrogen-bond acceptors (Lipinski definition) is 7. The largest absolute Gasteiger partial charge is 0.367 e. The topological polar surface area (TPSA) is 120 Å². The Balaban J connectivity index is 2.21. The van der Waals surface area contributed by atoms with Crippen LogP contribution in [0.4, 0.5) is 5.95 Å². The van der Waals surface area contributed by atoms with Crippen LogP contribution in [0.3, 0.4) is 0 Å². The summed E-state index contributed by atoms with van der Waals surface area (Å²) in [5, 5.41) is 2.61. The number of H-pyrrole nitrogens is 1. The van der Waals surface area contributed by atoms with Crippen molar-refractivity contribution in [1.82, 2.24) is 19.5 Å². The lowest BCUT2D eigenvalue weighted by Crippen LogP contribution is -2.23. The first-order valence-electron chi connectivity index (χ1n) is 8.62. The van der Waals surface area contributed by atoms with E-state index in [2.05, 4.69) is 20.3 Å². The molecule has 0 bridgehead atoms. The van der Waals surface area contributed by atoms with Crippen LogP contribution in [0.25, 0.3) is 11.2 Å². The fourth-order valence-corrected chi connectivity index (χ4v) is 2.97. The SMILES string of the molecule is CC[C@H](Cn1cnc2c(=O)[nH]c(NC(=O)C(C)C)nc21)OCP(OC)OC. The maximum absolute atomic E-state index is 12.2. The Morgan fingerprint density at radius 2 is 2.07 bits per heavy atom. The van der Waals surface area contributed by atoms with Crippen molar-refractivity contribution in [3.8, 4) is 0 Å². The molecule has 2 N–H and O–H groups in total. The minimum atomic E-state index is -1.08. The summed E-state index contributed by atoms with van der Waals surface area (Å²) < 4.78 is 18.0. The van der Waals surface area contributed by atoms with Gasteiger partial charge in [-0.1, -0.05) is 20.8 Å². The van der Waals surface area contributed by atoms with Crippen LogP contribution in [0.15, 0.2) is 11.1 Å². The van der Waals surface area contributed by atoms with Gasteiger partial charge < -0.3 is 18.4 Å². The molecular formula is C16H26N5O5P. The molecule has 2 rings (SSSR count). The van der Waals surface area contributed by atoms with Gasteiger partial charge in [0, 0.05) is 20.1 Å². The number of amides is 1. The van der Waals surface area contributed by atoms with E-state index in [0.29, 0.717) is 18.5 Å². The van der Waals surface area contributed by atoms with E-state index in [1.165, 1.54) is 0 Å². The second-order valence-corrected chi connectivity index (χ2v) is 7.81. The van der Waals surface area contributed by atoms with Crippen LogP contribution in [0.2, 0.25) is 0 Å². The van der Waals surface area contributed by atoms with E-state index in [9.17, 15) is 9.59 Å². The fraction of sp³-hybridized carbons (Fsp3) is 0.625. The highest BCUT2D eigenvalue weighted by atomic mass is 31.2. The molecule has 0 aliphatic carbocycles. The number of imidazole rings is 1. The number of fused-ring (bicyclic) bond motifs is 1. The summed E-state index contributed by atoms with van der Waals surface area (Å²) in [6, 6.07) is 0. The quantitative estimate of drug-likeness (QED) is 0.587. The van der Waals surface area contributed by atoms with Gasteiger partial charge in [0.25, 0.3) is 5.56 Å². The molecule has 1 amide bonds. The molecule has 0 aromatic carbocycles. The molecule has 0 fully saturated rings. The number of ether oxygens (including phenoxy) is 1. The minimum absolute atomic E-state index is 0.101. The molecule has 0 saturated carbocycles. The number of carbonyl (C=O) groups is 1. The number of aromatic amines is 1. The van der Waals surface area contributed by atoms with Crippen LogP contribution in [0.5, 0.6) is 0 Å². The van der Waals surface area contributed by atoms with Crippen LogP contribution in [0.1, 0.15) is 27.2 Å². The third-order valence-electron chi connectivity index (χ3n) is 3.92. The highest BCUT2D eigenvalue weighted by Gasteiger charge is 2.17. The second-order valence-electron chi connectivity index (χ2n) is 6.15. The molecule has 0 spiro atoms. The zero-order valence-corrected chi connectivity index (χ0v) is 17.1. The van der Waals surface area contributed by atoms with Crippen LogP contribution in [0, 0.1) is 5.92 Å². The van der Waals surface area contributed by atoms with Crippen molar-refractivity contribution in [3.63, 3.8) is 0 Å². The van der Waals surface area contributed by atoms with E-state index in [-0.39, 0.29) is 29.4 Å². The smallest absolute Gasteiger partial charge is 0.280 e. The highest BCUT2D eigenvalue weighted by Crippen LogP contribution is 2.36. The third-order valence-corrected chi connectivity index (χ3v) is 5.09. The van der Waals surface area contributed by atoms with Gasteiger partial charge in [0.1, 0.15) is 6.35 Å². The predicted octanol–water partition coefficient (Wildman–Crippen LogP) is 2.07. The Morgan fingerprint density at radius 3 is 2.67 bits per heavy atom. The summed E-state index contributed by atoms with van der Waals surface area (Å²) in [4.78, 5) is 35.1. The highest BCUT2D eigenvalue weighted by molar-refractivity contribution is 7.46. The summed E-state index contributed by atoms with van der Waals surface area (Å²) >= 11 is 0. The van der Waals surface area contributed by atoms with Crippen molar-refractivity contribution in [2.75, 3.05) is 25.9 Å². The maximum atomic E-state index is 12.2. The van der Waals surface area contributed by atoms with Crippen molar-refractivity contribution in [2.45, 2.75) is 39.8 Å². The molecule has 1 atom stereocenters. The number of carbonyl (C=O) groups excluding carboxylic acids is 1. The van der Waals surface area contributed by atoms with Gasteiger partial charge in [0.15, 0.2) is 19.5 Å². The van der Waals surface area contributed by atoms with E-state index in [0.717, 1.165) is 6.42 Å². The lowest BCUT2D eigenvalue weighted by molar-refractivity contribution is -0.118. The fourth-order valence-electron chi connectivity index (χ4n) is 2.27. The van der Waals surface area contributed by atoms with Gasteiger partial charge in [-0.25, -0.2) is 4.98 Å². The predicted molar refractivity (Wildman–Crippen MR) is 103 cm³/mol. The standard InChI is InChI=1S/C16H26N5O5P/c1-6-11(26-9-27(24-4)25-5)7-21-8-17-12-13(21)18-16(20-15(12)23)19-14(22)10(2)3/h8,10-11H,6-7,9H2,1-5H3,(H2,18,19,20,22,23)/t11-/m1/s1. The normalized spacial score (nSPS) is 12.9. The molecule has 2 aromatic rings. The summed E-state index contributed by atoms with van der Waals surface area (Å²) in [7, 11) is 2.07. The number of rotatable bonds is 10. The third kappa shape index (κ3) is 5.55. The summed E-state index contributed by atoms with van der Waals surface area (Å²) in [5.41, 5.74) is 0.193. The first-order valence-corrected chi connectivity index (χ1v) is 9.99. The molecule has 0 saturated heterocycles. The molecule has 0 aliphatic rings. The van der Waals surface area contributed by atoms with E-state index >= 15 is 0 Å². The molecular weight excluding hydrogens is 373 g/mol. The molecule has 0 radical (unpaired) electrons. The van der Waals surface area contributed by atoms with Crippen LogP contribution >= 0.6 is 8.38 Å². The van der Waals surface area contributed by atoms with E-state index in [1.54, 1.807) is 39.0 Å². The molecule has 11 heteroatoms. The van der Waals surface area contributed by atoms with E-state index in [4.69, 9.17) is 13.8 Å². The monoisotopic (exact) mass is 399 g/mol. The lowest BCUT2D eigenvalue weighted by Gasteiger charge is -2.19. The van der Waals surface area contributed by atoms with Gasteiger partial charge in [-0.15, -0.1) is 0 Å². The average Bonchev–Trinajstić information content (AvgIpc) is 3.04. The van der Waals surface area contributed by atoms with Gasteiger partial charge in [-0.05, 0) is 6.42 Å². The van der Waals surface area contributed by atoms with E-state index in [1.807, 2.05) is 6.92 Å². The molecule has 0 aliphatic heterocycles. The molecule has 150 valence electrons. The number of nitrogens with zero attached hydrogens (tertiary/aromatic N) is 3. The first kappa shape index (κ1) is 21.4. The Hall–Kier alpha value is -1.87. The Morgan fingerprint density at radius 1 is 1.37 bits per heavy atom. The van der Waals surface area contributed by atoms with Gasteiger partial charge in [0.2, 0.25) is 11.9 Å². The summed E-state index contributed by atoms with van der Waals surface area (Å²) in [5.74, 6) is -0.361. The zero-order valence-electron chi connectivity index (χ0n) is 16.2. The second kappa shape index (κ2) is 9.89. The van der Waals surface area contributed by atoms with Crippen molar-refractivity contribution in [2.24, 2.45) is 5.92 Å². The maximum Gasteiger partial charge on any atom is 0.280 e. The average molecular weight is 399 g/mol. The van der Waals surface area contributed by atoms with Gasteiger partial charge >= 0.3 is 0 Å². The van der Waals surface area contributed by atoms with E-state index < -0.39 is 13.9 Å². The number of anilines is 1. The van der Waals surface area contributed by atoms with Crippen LogP contribution in [-0.4, -0.2) is 52.1 Å². The summed E-state index contributed by atoms with van der Waals surface area (Å²) in [6.07, 6.45) is 2.50.